The SMILES string of the molecule is Cc1cc2nc(C(N)CC(=O)O)cn2cn1. The summed E-state index contributed by atoms with van der Waals surface area (Å²) in [4.78, 5) is 18.9. The van der Waals surface area contributed by atoms with Crippen molar-refractivity contribution in [3.05, 3.63) is 30.0 Å². The molecule has 0 aliphatic carbocycles. The number of carboxylic acids is 1. The molecule has 2 rings (SSSR count). The Balaban J connectivity index is 2.35. The normalized spacial score (nSPS) is 12.9. The number of rotatable bonds is 3. The minimum atomic E-state index is -0.932. The summed E-state index contributed by atoms with van der Waals surface area (Å²) in [6.07, 6.45) is 3.21. The summed E-state index contributed by atoms with van der Waals surface area (Å²) in [5, 5.41) is 8.64. The molecule has 1 unspecified atom stereocenters. The van der Waals surface area contributed by atoms with E-state index in [1.807, 2.05) is 13.0 Å². The van der Waals surface area contributed by atoms with Gasteiger partial charge in [0.25, 0.3) is 0 Å². The minimum Gasteiger partial charge on any atom is -0.481 e. The molecule has 0 spiro atoms. The predicted octanol–water partition coefficient (Wildman–Crippen LogP) is 0.512. The maximum atomic E-state index is 10.5. The first-order valence-corrected chi connectivity index (χ1v) is 4.85. The third kappa shape index (κ3) is 2.01. The molecule has 6 nitrogen and oxygen atoms in total. The van der Waals surface area contributed by atoms with Crippen LogP contribution in [0.4, 0.5) is 0 Å². The predicted molar refractivity (Wildman–Crippen MR) is 56.9 cm³/mol. The monoisotopic (exact) mass is 220 g/mol. The molecule has 0 aromatic carbocycles. The van der Waals surface area contributed by atoms with E-state index in [0.29, 0.717) is 5.69 Å². The molecule has 0 radical (unpaired) electrons. The average molecular weight is 220 g/mol. The summed E-state index contributed by atoms with van der Waals surface area (Å²) in [5.74, 6) is -0.932. The molecule has 84 valence electrons. The van der Waals surface area contributed by atoms with Crippen LogP contribution in [-0.4, -0.2) is 25.4 Å². The molecule has 1 atom stereocenters. The Bertz CT molecular complexity index is 535. The first-order valence-electron chi connectivity index (χ1n) is 4.85. The van der Waals surface area contributed by atoms with E-state index in [-0.39, 0.29) is 6.42 Å². The largest absolute Gasteiger partial charge is 0.481 e. The van der Waals surface area contributed by atoms with Gasteiger partial charge in [0.15, 0.2) is 0 Å². The zero-order chi connectivity index (χ0) is 11.7. The summed E-state index contributed by atoms with van der Waals surface area (Å²) in [7, 11) is 0. The summed E-state index contributed by atoms with van der Waals surface area (Å²) >= 11 is 0. The molecule has 0 aliphatic rings. The molecule has 0 saturated carbocycles. The summed E-state index contributed by atoms with van der Waals surface area (Å²) in [6.45, 7) is 1.87. The Hall–Kier alpha value is -1.95. The van der Waals surface area contributed by atoms with Crippen molar-refractivity contribution < 1.29 is 9.90 Å². The van der Waals surface area contributed by atoms with Gasteiger partial charge in [0.05, 0.1) is 18.2 Å². The van der Waals surface area contributed by atoms with E-state index in [2.05, 4.69) is 9.97 Å². The molecule has 0 amide bonds. The molecule has 2 aromatic heterocycles. The number of carboxylic acid groups (broad SMARTS) is 1. The number of hydrogen-bond donors (Lipinski definition) is 2. The van der Waals surface area contributed by atoms with Crippen molar-refractivity contribution in [1.82, 2.24) is 14.4 Å². The lowest BCUT2D eigenvalue weighted by atomic mass is 10.2. The van der Waals surface area contributed by atoms with Gasteiger partial charge in [-0.1, -0.05) is 0 Å². The molecular formula is C10H12N4O2. The smallest absolute Gasteiger partial charge is 0.305 e. The van der Waals surface area contributed by atoms with E-state index in [1.54, 1.807) is 16.9 Å². The number of nitrogens with zero attached hydrogens (tertiary/aromatic N) is 3. The Morgan fingerprint density at radius 1 is 1.69 bits per heavy atom. The maximum absolute atomic E-state index is 10.5. The van der Waals surface area contributed by atoms with Crippen molar-refractivity contribution in [2.24, 2.45) is 5.73 Å². The van der Waals surface area contributed by atoms with Crippen LogP contribution in [0.5, 0.6) is 0 Å². The lowest BCUT2D eigenvalue weighted by Gasteiger charge is -2.03. The quantitative estimate of drug-likeness (QED) is 0.786. The number of imidazole rings is 1. The highest BCUT2D eigenvalue weighted by molar-refractivity contribution is 5.67. The van der Waals surface area contributed by atoms with Gasteiger partial charge in [-0.25, -0.2) is 9.97 Å². The number of aliphatic carboxylic acids is 1. The van der Waals surface area contributed by atoms with E-state index in [9.17, 15) is 4.79 Å². The van der Waals surface area contributed by atoms with Crippen LogP contribution in [0, 0.1) is 6.92 Å². The number of nitrogens with two attached hydrogens (primary N) is 1. The number of fused-ring (bicyclic) bond motifs is 1. The van der Waals surface area contributed by atoms with Crippen LogP contribution in [0.25, 0.3) is 5.65 Å². The fourth-order valence-electron chi connectivity index (χ4n) is 1.48. The van der Waals surface area contributed by atoms with Crippen LogP contribution in [0.1, 0.15) is 23.9 Å². The first-order chi connectivity index (χ1) is 7.56. The molecule has 0 saturated heterocycles. The Morgan fingerprint density at radius 2 is 2.44 bits per heavy atom. The standard InChI is InChI=1S/C10H12N4O2/c1-6-2-9-13-8(4-14(9)5-12-6)7(11)3-10(15)16/h2,4-5,7H,3,11H2,1H3,(H,15,16). The fourth-order valence-corrected chi connectivity index (χ4v) is 1.48. The highest BCUT2D eigenvalue weighted by Crippen LogP contribution is 2.14. The van der Waals surface area contributed by atoms with Crippen molar-refractivity contribution in [2.75, 3.05) is 0 Å². The van der Waals surface area contributed by atoms with Crippen LogP contribution in [-0.2, 0) is 4.79 Å². The number of aryl methyl sites for hydroxylation is 1. The van der Waals surface area contributed by atoms with Gasteiger partial charge < -0.3 is 10.8 Å². The van der Waals surface area contributed by atoms with Crippen molar-refractivity contribution in [2.45, 2.75) is 19.4 Å². The van der Waals surface area contributed by atoms with Gasteiger partial charge in [-0.05, 0) is 6.92 Å². The molecule has 0 bridgehead atoms. The molecule has 0 aliphatic heterocycles. The number of carbonyl (C=O) groups is 1. The third-order valence-electron chi connectivity index (χ3n) is 2.28. The van der Waals surface area contributed by atoms with Crippen molar-refractivity contribution >= 4 is 11.6 Å². The van der Waals surface area contributed by atoms with Gasteiger partial charge in [-0.15, -0.1) is 0 Å². The van der Waals surface area contributed by atoms with Gasteiger partial charge in [-0.2, -0.15) is 0 Å². The second-order valence-corrected chi connectivity index (χ2v) is 3.67. The molecule has 16 heavy (non-hydrogen) atoms. The first kappa shape index (κ1) is 10.6. The molecule has 2 heterocycles. The van der Waals surface area contributed by atoms with Crippen LogP contribution in [0.3, 0.4) is 0 Å². The summed E-state index contributed by atoms with van der Waals surface area (Å²) in [6, 6.07) is 1.23. The lowest BCUT2D eigenvalue weighted by Crippen LogP contribution is -2.15. The van der Waals surface area contributed by atoms with Crippen LogP contribution in [0.2, 0.25) is 0 Å². The molecule has 0 fully saturated rings. The van der Waals surface area contributed by atoms with Gasteiger partial charge in [-0.3, -0.25) is 9.20 Å². The second kappa shape index (κ2) is 3.90. The maximum Gasteiger partial charge on any atom is 0.305 e. The zero-order valence-electron chi connectivity index (χ0n) is 8.79. The van der Waals surface area contributed by atoms with Gasteiger partial charge >= 0.3 is 5.97 Å². The zero-order valence-corrected chi connectivity index (χ0v) is 8.79. The van der Waals surface area contributed by atoms with E-state index in [4.69, 9.17) is 10.8 Å². The molecule has 2 aromatic rings. The molecule has 6 heteroatoms. The van der Waals surface area contributed by atoms with E-state index < -0.39 is 12.0 Å². The van der Waals surface area contributed by atoms with Gasteiger partial charge in [0.2, 0.25) is 0 Å². The average Bonchev–Trinajstić information content (AvgIpc) is 2.59. The third-order valence-corrected chi connectivity index (χ3v) is 2.28. The second-order valence-electron chi connectivity index (χ2n) is 3.67. The van der Waals surface area contributed by atoms with Gasteiger partial charge in [0, 0.05) is 18.0 Å². The van der Waals surface area contributed by atoms with Crippen LogP contribution >= 0.6 is 0 Å². The Kier molecular flexibility index (Phi) is 2.57. The van der Waals surface area contributed by atoms with Gasteiger partial charge in [0.1, 0.15) is 12.0 Å². The number of aromatic nitrogens is 3. The molecular weight excluding hydrogens is 208 g/mol. The highest BCUT2D eigenvalue weighted by atomic mass is 16.4. The highest BCUT2D eigenvalue weighted by Gasteiger charge is 2.14. The summed E-state index contributed by atoms with van der Waals surface area (Å²) < 4.78 is 1.73. The lowest BCUT2D eigenvalue weighted by molar-refractivity contribution is -0.137. The topological polar surface area (TPSA) is 93.5 Å². The molecule has 3 N–H and O–H groups in total. The minimum absolute atomic E-state index is 0.129. The number of hydrogen-bond acceptors (Lipinski definition) is 4. The fraction of sp³-hybridized carbons (Fsp3) is 0.300. The van der Waals surface area contributed by atoms with E-state index in [1.165, 1.54) is 0 Å². The van der Waals surface area contributed by atoms with Crippen molar-refractivity contribution in [1.29, 1.82) is 0 Å². The van der Waals surface area contributed by atoms with Crippen LogP contribution < -0.4 is 5.73 Å². The Labute approximate surface area is 91.7 Å². The van der Waals surface area contributed by atoms with Crippen molar-refractivity contribution in [3.63, 3.8) is 0 Å². The summed E-state index contributed by atoms with van der Waals surface area (Å²) in [5.41, 5.74) is 7.87. The van der Waals surface area contributed by atoms with Crippen molar-refractivity contribution in [3.8, 4) is 0 Å². The Morgan fingerprint density at radius 3 is 3.12 bits per heavy atom. The van der Waals surface area contributed by atoms with E-state index in [0.717, 1.165) is 11.3 Å². The van der Waals surface area contributed by atoms with E-state index >= 15 is 0 Å². The van der Waals surface area contributed by atoms with Crippen LogP contribution in [0.15, 0.2) is 18.6 Å².